The first-order valence-electron chi connectivity index (χ1n) is 13.9. The second-order valence-electron chi connectivity index (χ2n) is 14.9. The summed E-state index contributed by atoms with van der Waals surface area (Å²) in [4.78, 5) is 12.4. The van der Waals surface area contributed by atoms with E-state index in [-0.39, 0.29) is 34.9 Å². The number of fused-ring (bicyclic) bond motifs is 9. The van der Waals surface area contributed by atoms with Crippen molar-refractivity contribution in [1.82, 2.24) is 0 Å². The lowest BCUT2D eigenvalue weighted by molar-refractivity contribution is -0.246. The first kappa shape index (κ1) is 22.6. The van der Waals surface area contributed by atoms with Crippen molar-refractivity contribution in [2.45, 2.75) is 112 Å². The Kier molecular flexibility index (Phi) is 4.44. The molecule has 0 radical (unpaired) electrons. The SMILES string of the molecule is C=C1C(=O)O[C@@H]2CC3(C)CC[C@]4(C)C(CCC5[C@@]6(C)CC[C@H](O)C(C)(C)C6CC[C@]54C)C3[C@H]12. The molecular weight excluding hydrogens is 408 g/mol. The van der Waals surface area contributed by atoms with Gasteiger partial charge in [0.15, 0.2) is 0 Å². The molecule has 0 aromatic carbocycles. The molecule has 1 saturated heterocycles. The summed E-state index contributed by atoms with van der Waals surface area (Å²) in [5.41, 5.74) is 2.00. The molecule has 1 heterocycles. The smallest absolute Gasteiger partial charge is 0.334 e. The number of aliphatic hydroxyl groups is 1. The molecule has 33 heavy (non-hydrogen) atoms. The lowest BCUT2D eigenvalue weighted by Crippen LogP contribution is -2.66. The summed E-state index contributed by atoms with van der Waals surface area (Å²) in [7, 11) is 0. The van der Waals surface area contributed by atoms with E-state index in [9.17, 15) is 9.90 Å². The van der Waals surface area contributed by atoms with Crippen LogP contribution in [0.1, 0.15) is 99.3 Å². The van der Waals surface area contributed by atoms with Gasteiger partial charge < -0.3 is 9.84 Å². The van der Waals surface area contributed by atoms with E-state index in [0.29, 0.717) is 34.0 Å². The number of carbonyl (C=O) groups excluding carboxylic acids is 1. The largest absolute Gasteiger partial charge is 0.458 e. The van der Waals surface area contributed by atoms with E-state index in [1.807, 2.05) is 0 Å². The highest BCUT2D eigenvalue weighted by Gasteiger charge is 2.72. The normalized spacial score (nSPS) is 59.1. The summed E-state index contributed by atoms with van der Waals surface area (Å²) in [6.07, 6.45) is 10.8. The molecule has 5 aliphatic carbocycles. The minimum Gasteiger partial charge on any atom is -0.458 e. The van der Waals surface area contributed by atoms with Gasteiger partial charge in [-0.2, -0.15) is 0 Å². The number of rotatable bonds is 0. The van der Waals surface area contributed by atoms with Crippen LogP contribution in [0.15, 0.2) is 12.2 Å². The van der Waals surface area contributed by atoms with Crippen LogP contribution in [0, 0.1) is 56.7 Å². The Bertz CT molecular complexity index is 906. The van der Waals surface area contributed by atoms with Crippen LogP contribution < -0.4 is 0 Å². The monoisotopic (exact) mass is 454 g/mol. The van der Waals surface area contributed by atoms with Gasteiger partial charge in [0.2, 0.25) is 0 Å². The lowest BCUT2D eigenvalue weighted by atomic mass is 9.32. The van der Waals surface area contributed by atoms with Gasteiger partial charge in [-0.3, -0.25) is 0 Å². The number of hydrogen-bond donors (Lipinski definition) is 1. The van der Waals surface area contributed by atoms with Crippen molar-refractivity contribution in [1.29, 1.82) is 0 Å². The number of hydrogen-bond acceptors (Lipinski definition) is 3. The third-order valence-corrected chi connectivity index (χ3v) is 13.7. The molecule has 0 spiro atoms. The van der Waals surface area contributed by atoms with Gasteiger partial charge >= 0.3 is 5.97 Å². The maximum Gasteiger partial charge on any atom is 0.334 e. The van der Waals surface area contributed by atoms with Gasteiger partial charge in [-0.1, -0.05) is 48.1 Å². The average molecular weight is 455 g/mol. The van der Waals surface area contributed by atoms with Crippen LogP contribution in [0.3, 0.4) is 0 Å². The first-order chi connectivity index (χ1) is 15.3. The summed E-state index contributed by atoms with van der Waals surface area (Å²) >= 11 is 0. The van der Waals surface area contributed by atoms with E-state index < -0.39 is 0 Å². The fraction of sp³-hybridized carbons (Fsp3) is 0.900. The lowest BCUT2D eigenvalue weighted by Gasteiger charge is -2.72. The van der Waals surface area contributed by atoms with Gasteiger partial charge in [-0.25, -0.2) is 4.79 Å². The van der Waals surface area contributed by atoms with Crippen molar-refractivity contribution in [3.05, 3.63) is 12.2 Å². The molecule has 1 aliphatic heterocycles. The maximum atomic E-state index is 12.4. The average Bonchev–Trinajstić information content (AvgIpc) is 3.17. The van der Waals surface area contributed by atoms with E-state index in [1.165, 1.54) is 44.9 Å². The Balaban J connectivity index is 1.40. The minimum atomic E-state index is -0.163. The van der Waals surface area contributed by atoms with Gasteiger partial charge in [0.1, 0.15) is 6.10 Å². The van der Waals surface area contributed by atoms with Crippen LogP contribution in [0.4, 0.5) is 0 Å². The Hall–Kier alpha value is -0.830. The van der Waals surface area contributed by atoms with E-state index >= 15 is 0 Å². The Morgan fingerprint density at radius 3 is 2.33 bits per heavy atom. The van der Waals surface area contributed by atoms with Crippen molar-refractivity contribution in [2.24, 2.45) is 56.7 Å². The van der Waals surface area contributed by atoms with Crippen LogP contribution in [0.2, 0.25) is 0 Å². The van der Waals surface area contributed by atoms with Crippen LogP contribution in [-0.4, -0.2) is 23.3 Å². The highest BCUT2D eigenvalue weighted by atomic mass is 16.6. The molecular formula is C30H46O3. The summed E-state index contributed by atoms with van der Waals surface area (Å²) in [6.45, 7) is 19.3. The molecule has 11 atom stereocenters. The van der Waals surface area contributed by atoms with Crippen LogP contribution in [-0.2, 0) is 9.53 Å². The molecule has 0 aromatic rings. The third-order valence-electron chi connectivity index (χ3n) is 13.7. The number of ether oxygens (including phenoxy) is 1. The van der Waals surface area contributed by atoms with E-state index in [4.69, 9.17) is 4.74 Å². The Morgan fingerprint density at radius 1 is 0.879 bits per heavy atom. The zero-order valence-electron chi connectivity index (χ0n) is 21.9. The predicted octanol–water partition coefficient (Wildman–Crippen LogP) is 6.54. The van der Waals surface area contributed by atoms with Crippen molar-refractivity contribution in [2.75, 3.05) is 0 Å². The minimum absolute atomic E-state index is 0.00911. The number of aliphatic hydroxyl groups excluding tert-OH is 1. The molecule has 6 aliphatic rings. The molecule has 1 N–H and O–H groups in total. The van der Waals surface area contributed by atoms with Gasteiger partial charge in [0.25, 0.3) is 0 Å². The van der Waals surface area contributed by atoms with Crippen molar-refractivity contribution < 1.29 is 14.6 Å². The third kappa shape index (κ3) is 2.49. The quantitative estimate of drug-likeness (QED) is 0.334. The summed E-state index contributed by atoms with van der Waals surface area (Å²) in [6, 6.07) is 0. The highest BCUT2D eigenvalue weighted by Crippen LogP contribution is 2.77. The molecule has 3 heteroatoms. The number of carbonyl (C=O) groups is 1. The fourth-order valence-corrected chi connectivity index (χ4v) is 11.9. The van der Waals surface area contributed by atoms with E-state index in [1.54, 1.807) is 0 Å². The van der Waals surface area contributed by atoms with Crippen molar-refractivity contribution in [3.8, 4) is 0 Å². The summed E-state index contributed by atoms with van der Waals surface area (Å²) in [5.74, 6) is 2.63. The maximum absolute atomic E-state index is 12.4. The van der Waals surface area contributed by atoms with Gasteiger partial charge in [-0.15, -0.1) is 0 Å². The predicted molar refractivity (Wildman–Crippen MR) is 130 cm³/mol. The first-order valence-corrected chi connectivity index (χ1v) is 13.9. The van der Waals surface area contributed by atoms with Crippen molar-refractivity contribution >= 4 is 5.97 Å². The molecule has 5 saturated carbocycles. The van der Waals surface area contributed by atoms with Crippen LogP contribution in [0.5, 0.6) is 0 Å². The molecule has 3 nitrogen and oxygen atoms in total. The van der Waals surface area contributed by atoms with Crippen LogP contribution in [0.25, 0.3) is 0 Å². The fourth-order valence-electron chi connectivity index (χ4n) is 11.9. The summed E-state index contributed by atoms with van der Waals surface area (Å²) < 4.78 is 5.86. The van der Waals surface area contributed by atoms with Crippen molar-refractivity contribution in [3.63, 3.8) is 0 Å². The second-order valence-corrected chi connectivity index (χ2v) is 14.9. The van der Waals surface area contributed by atoms with Crippen LogP contribution >= 0.6 is 0 Å². The summed E-state index contributed by atoms with van der Waals surface area (Å²) in [5, 5.41) is 10.9. The van der Waals surface area contributed by atoms with Gasteiger partial charge in [0, 0.05) is 11.5 Å². The molecule has 0 aromatic heterocycles. The number of esters is 1. The molecule has 0 bridgehead atoms. The molecule has 6 rings (SSSR count). The topological polar surface area (TPSA) is 46.5 Å². The Labute approximate surface area is 201 Å². The highest BCUT2D eigenvalue weighted by molar-refractivity contribution is 5.91. The second kappa shape index (κ2) is 6.48. The van der Waals surface area contributed by atoms with Gasteiger partial charge in [-0.05, 0) is 109 Å². The zero-order valence-corrected chi connectivity index (χ0v) is 21.9. The standard InChI is InChI=1S/C30H46O3/c1-17-23-19(33-25(17)32)16-27(4)14-15-29(6)18(24(23)27)8-9-21-28(5)12-11-22(31)26(2,3)20(28)10-13-30(21,29)7/h18-24,31H,1,8-16H2,2-7H3/t18?,19-,20?,21?,22+,23-,24?,27?,28+,29-,30-/m1/s1. The van der Waals surface area contributed by atoms with E-state index in [2.05, 4.69) is 48.1 Å². The molecule has 5 unspecified atom stereocenters. The molecule has 0 amide bonds. The van der Waals surface area contributed by atoms with E-state index in [0.717, 1.165) is 24.3 Å². The molecule has 184 valence electrons. The zero-order chi connectivity index (χ0) is 23.8. The Morgan fingerprint density at radius 2 is 1.61 bits per heavy atom. The molecule has 6 fully saturated rings. The van der Waals surface area contributed by atoms with Gasteiger partial charge in [0.05, 0.1) is 6.10 Å².